The molecule has 2 heterocycles. The van der Waals surface area contributed by atoms with Gasteiger partial charge in [0.25, 0.3) is 5.69 Å². The summed E-state index contributed by atoms with van der Waals surface area (Å²) in [5, 5.41) is 11.9. The van der Waals surface area contributed by atoms with Gasteiger partial charge >= 0.3 is 0 Å². The Morgan fingerprint density at radius 1 is 1.29 bits per heavy atom. The molecular formula is C18H22N2O4. The molecule has 6 heteroatoms. The number of rotatable bonds is 3. The zero-order valence-electron chi connectivity index (χ0n) is 14.4. The van der Waals surface area contributed by atoms with Crippen LogP contribution in [0.2, 0.25) is 0 Å². The molecule has 0 aliphatic carbocycles. The van der Waals surface area contributed by atoms with E-state index in [-0.39, 0.29) is 22.8 Å². The fourth-order valence-corrected chi connectivity index (χ4v) is 3.25. The van der Waals surface area contributed by atoms with Gasteiger partial charge in [-0.15, -0.1) is 0 Å². The summed E-state index contributed by atoms with van der Waals surface area (Å²) in [7, 11) is 0. The maximum Gasteiger partial charge on any atom is 0.270 e. The molecule has 3 rings (SSSR count). The van der Waals surface area contributed by atoms with E-state index >= 15 is 0 Å². The highest BCUT2D eigenvalue weighted by molar-refractivity contribution is 5.97. The molecule has 6 nitrogen and oxygen atoms in total. The minimum Gasteiger partial charge on any atom is -0.454 e. The number of non-ortho nitro benzene ring substituents is 1. The monoisotopic (exact) mass is 330 g/mol. The number of anilines is 1. The molecule has 0 N–H and O–H groups in total. The third-order valence-electron chi connectivity index (χ3n) is 4.04. The van der Waals surface area contributed by atoms with E-state index in [1.807, 2.05) is 33.8 Å². The minimum absolute atomic E-state index is 0.0719. The lowest BCUT2D eigenvalue weighted by Gasteiger charge is -2.36. The first-order chi connectivity index (χ1) is 11.3. The van der Waals surface area contributed by atoms with Gasteiger partial charge in [-0.3, -0.25) is 10.1 Å². The highest BCUT2D eigenvalue weighted by Crippen LogP contribution is 2.38. The van der Waals surface area contributed by atoms with Gasteiger partial charge in [-0.2, -0.15) is 0 Å². The van der Waals surface area contributed by atoms with E-state index in [0.717, 1.165) is 35.5 Å². The molecule has 2 aromatic rings. The van der Waals surface area contributed by atoms with Crippen molar-refractivity contribution in [2.75, 3.05) is 18.0 Å². The van der Waals surface area contributed by atoms with Crippen molar-refractivity contribution < 1.29 is 14.1 Å². The van der Waals surface area contributed by atoms with Crippen LogP contribution >= 0.6 is 0 Å². The van der Waals surface area contributed by atoms with Crippen molar-refractivity contribution >= 4 is 28.4 Å². The average molecular weight is 330 g/mol. The van der Waals surface area contributed by atoms with E-state index in [2.05, 4.69) is 4.90 Å². The molecular weight excluding hydrogens is 308 g/mol. The molecule has 128 valence electrons. The lowest BCUT2D eigenvalue weighted by atomic mass is 10.1. The van der Waals surface area contributed by atoms with Crippen LogP contribution in [0.3, 0.4) is 0 Å². The summed E-state index contributed by atoms with van der Waals surface area (Å²) in [5.74, 6) is 0.742. The van der Waals surface area contributed by atoms with Crippen LogP contribution in [-0.2, 0) is 4.74 Å². The number of nitro benzene ring substituents is 1. The fraction of sp³-hybridized carbons (Fsp3) is 0.444. The number of fused-ring (bicyclic) bond motifs is 1. The molecule has 0 bridgehead atoms. The van der Waals surface area contributed by atoms with Gasteiger partial charge in [-0.1, -0.05) is 5.57 Å². The SMILES string of the molecule is CC(C)=Cc1oc2ccc([N+](=O)[O-])cc2c1N1C[C@@H](C)O[C@@H](C)C1. The molecule has 1 fully saturated rings. The van der Waals surface area contributed by atoms with E-state index in [0.29, 0.717) is 5.58 Å². The number of allylic oxidation sites excluding steroid dienone is 1. The van der Waals surface area contributed by atoms with Gasteiger partial charge in [0.05, 0.1) is 28.2 Å². The van der Waals surface area contributed by atoms with Crippen LogP contribution in [0.15, 0.2) is 28.2 Å². The highest BCUT2D eigenvalue weighted by atomic mass is 16.6. The standard InChI is InChI=1S/C18H22N2O4/c1-11(2)7-17-18(19-9-12(3)23-13(4)10-19)15-8-14(20(21)22)5-6-16(15)24-17/h5-8,12-13H,9-10H2,1-4H3/t12-,13+. The van der Waals surface area contributed by atoms with Crippen molar-refractivity contribution in [1.82, 2.24) is 0 Å². The van der Waals surface area contributed by atoms with E-state index < -0.39 is 0 Å². The van der Waals surface area contributed by atoms with Crippen molar-refractivity contribution in [2.45, 2.75) is 39.9 Å². The normalized spacial score (nSPS) is 21.1. The Hall–Kier alpha value is -2.34. The molecule has 1 aromatic carbocycles. The van der Waals surface area contributed by atoms with Crippen molar-refractivity contribution in [3.05, 3.63) is 39.6 Å². The van der Waals surface area contributed by atoms with Crippen LogP contribution < -0.4 is 4.90 Å². The number of ether oxygens (including phenoxy) is 1. The number of furan rings is 1. The molecule has 1 aliphatic rings. The zero-order valence-corrected chi connectivity index (χ0v) is 14.4. The lowest BCUT2D eigenvalue weighted by molar-refractivity contribution is -0.384. The largest absolute Gasteiger partial charge is 0.454 e. The van der Waals surface area contributed by atoms with Gasteiger partial charge in [-0.05, 0) is 39.8 Å². The van der Waals surface area contributed by atoms with E-state index in [1.165, 1.54) is 6.07 Å². The number of hydrogen-bond acceptors (Lipinski definition) is 5. The number of morpholine rings is 1. The van der Waals surface area contributed by atoms with Crippen molar-refractivity contribution in [2.24, 2.45) is 0 Å². The summed E-state index contributed by atoms with van der Waals surface area (Å²) in [5.41, 5.74) is 2.76. The topological polar surface area (TPSA) is 68.8 Å². The fourth-order valence-electron chi connectivity index (χ4n) is 3.25. The molecule has 0 spiro atoms. The van der Waals surface area contributed by atoms with Gasteiger partial charge in [0.1, 0.15) is 5.58 Å². The summed E-state index contributed by atoms with van der Waals surface area (Å²) >= 11 is 0. The molecule has 1 saturated heterocycles. The summed E-state index contributed by atoms with van der Waals surface area (Å²) in [4.78, 5) is 13.0. The van der Waals surface area contributed by atoms with Crippen LogP contribution in [0.1, 0.15) is 33.5 Å². The first-order valence-corrected chi connectivity index (χ1v) is 8.11. The smallest absolute Gasteiger partial charge is 0.270 e. The molecule has 1 aliphatic heterocycles. The van der Waals surface area contributed by atoms with E-state index in [9.17, 15) is 10.1 Å². The third kappa shape index (κ3) is 3.14. The van der Waals surface area contributed by atoms with Crippen LogP contribution in [0.4, 0.5) is 11.4 Å². The minimum atomic E-state index is -0.374. The highest BCUT2D eigenvalue weighted by Gasteiger charge is 2.28. The predicted molar refractivity (Wildman–Crippen MR) is 94.4 cm³/mol. The first kappa shape index (κ1) is 16.5. The molecule has 1 aromatic heterocycles. The molecule has 0 amide bonds. The van der Waals surface area contributed by atoms with Crippen LogP contribution in [0, 0.1) is 10.1 Å². The van der Waals surface area contributed by atoms with Crippen molar-refractivity contribution in [3.8, 4) is 0 Å². The van der Waals surface area contributed by atoms with Crippen molar-refractivity contribution in [3.63, 3.8) is 0 Å². The van der Waals surface area contributed by atoms with Crippen molar-refractivity contribution in [1.29, 1.82) is 0 Å². The van der Waals surface area contributed by atoms with Gasteiger partial charge in [0.15, 0.2) is 5.76 Å². The van der Waals surface area contributed by atoms with Crippen LogP contribution in [-0.4, -0.2) is 30.2 Å². The Morgan fingerprint density at radius 3 is 2.54 bits per heavy atom. The molecule has 0 radical (unpaired) electrons. The summed E-state index contributed by atoms with van der Waals surface area (Å²) in [6.07, 6.45) is 2.17. The average Bonchev–Trinajstić information content (AvgIpc) is 2.81. The maximum atomic E-state index is 11.2. The Balaban J connectivity index is 2.19. The van der Waals surface area contributed by atoms with Gasteiger partial charge in [0.2, 0.25) is 0 Å². The Bertz CT molecular complexity index is 795. The second-order valence-corrected chi connectivity index (χ2v) is 6.64. The predicted octanol–water partition coefficient (Wildman–Crippen LogP) is 4.38. The van der Waals surface area contributed by atoms with Gasteiger partial charge in [-0.25, -0.2) is 0 Å². The third-order valence-corrected chi connectivity index (χ3v) is 4.04. The Morgan fingerprint density at radius 2 is 1.96 bits per heavy atom. The maximum absolute atomic E-state index is 11.2. The van der Waals surface area contributed by atoms with Gasteiger partial charge in [0, 0.05) is 25.2 Å². The van der Waals surface area contributed by atoms with E-state index in [4.69, 9.17) is 9.15 Å². The Kier molecular flexibility index (Phi) is 4.32. The Labute approximate surface area is 140 Å². The summed E-state index contributed by atoms with van der Waals surface area (Å²) in [6.45, 7) is 9.53. The second kappa shape index (κ2) is 6.28. The first-order valence-electron chi connectivity index (χ1n) is 8.11. The number of benzene rings is 1. The molecule has 0 unspecified atom stereocenters. The summed E-state index contributed by atoms with van der Waals surface area (Å²) < 4.78 is 11.8. The number of hydrogen-bond donors (Lipinski definition) is 0. The lowest BCUT2D eigenvalue weighted by Crippen LogP contribution is -2.45. The molecule has 2 atom stereocenters. The summed E-state index contributed by atoms with van der Waals surface area (Å²) in [6, 6.07) is 4.75. The quantitative estimate of drug-likeness (QED) is 0.617. The molecule has 0 saturated carbocycles. The zero-order chi connectivity index (χ0) is 17.4. The van der Waals surface area contributed by atoms with E-state index in [1.54, 1.807) is 12.1 Å². The second-order valence-electron chi connectivity index (χ2n) is 6.64. The number of nitro groups is 1. The molecule has 24 heavy (non-hydrogen) atoms. The van der Waals surface area contributed by atoms with Crippen LogP contribution in [0.25, 0.3) is 17.0 Å². The van der Waals surface area contributed by atoms with Crippen LogP contribution in [0.5, 0.6) is 0 Å². The van der Waals surface area contributed by atoms with Gasteiger partial charge < -0.3 is 14.1 Å². The number of nitrogens with zero attached hydrogens (tertiary/aromatic N) is 2.